The third-order valence-electron chi connectivity index (χ3n) is 3.51. The van der Waals surface area contributed by atoms with Gasteiger partial charge in [0.05, 0.1) is 16.6 Å². The van der Waals surface area contributed by atoms with Crippen LogP contribution in [0.25, 0.3) is 0 Å². The topological polar surface area (TPSA) is 92.8 Å². The number of ether oxygens (including phenoxy) is 1. The van der Waals surface area contributed by atoms with Crippen LogP contribution in [-0.4, -0.2) is 27.3 Å². The molecule has 0 aromatic heterocycles. The number of nitro groups is 1. The van der Waals surface area contributed by atoms with Gasteiger partial charge < -0.3 is 14.9 Å². The molecule has 2 N–H and O–H groups in total. The Morgan fingerprint density at radius 2 is 2.00 bits per heavy atom. The first-order valence-electron chi connectivity index (χ1n) is 6.75. The van der Waals surface area contributed by atoms with Crippen LogP contribution in [0.1, 0.15) is 45.3 Å². The molecular formula is C14H20BrNO5. The first-order chi connectivity index (χ1) is 9.74. The highest BCUT2D eigenvalue weighted by molar-refractivity contribution is 9.10. The van der Waals surface area contributed by atoms with Crippen molar-refractivity contribution in [3.63, 3.8) is 0 Å². The molecule has 0 aliphatic carbocycles. The Morgan fingerprint density at radius 3 is 2.43 bits per heavy atom. The van der Waals surface area contributed by atoms with Crippen LogP contribution in [0.4, 0.5) is 5.69 Å². The van der Waals surface area contributed by atoms with Gasteiger partial charge in [-0.2, -0.15) is 0 Å². The van der Waals surface area contributed by atoms with Crippen LogP contribution in [0.2, 0.25) is 0 Å². The molecule has 21 heavy (non-hydrogen) atoms. The minimum atomic E-state index is -1.04. The van der Waals surface area contributed by atoms with Gasteiger partial charge in [0.25, 0.3) is 0 Å². The van der Waals surface area contributed by atoms with Gasteiger partial charge in [-0.05, 0) is 25.8 Å². The predicted molar refractivity (Wildman–Crippen MR) is 82.5 cm³/mol. The summed E-state index contributed by atoms with van der Waals surface area (Å²) in [7, 11) is 0. The van der Waals surface area contributed by atoms with Gasteiger partial charge in [0.2, 0.25) is 5.75 Å². The standard InChI is InChI=1S/C14H20BrNO5/c1-4-14(18,5-2)8-21-13-11(9(3)17)6-10(15)7-12(13)16(19)20/h6-7,9,17-18H,4-5,8H2,1-3H3. The molecule has 0 heterocycles. The number of benzene rings is 1. The number of hydrogen-bond donors (Lipinski definition) is 2. The maximum atomic E-state index is 11.2. The molecule has 1 unspecified atom stereocenters. The second-order valence-corrected chi connectivity index (χ2v) is 5.91. The second-order valence-electron chi connectivity index (χ2n) is 5.00. The summed E-state index contributed by atoms with van der Waals surface area (Å²) in [5.41, 5.74) is -0.975. The van der Waals surface area contributed by atoms with E-state index >= 15 is 0 Å². The number of aliphatic hydroxyl groups is 2. The molecule has 0 aliphatic rings. The third kappa shape index (κ3) is 4.39. The SMILES string of the molecule is CCC(O)(CC)COc1c(C(C)O)cc(Br)cc1[N+](=O)[O-]. The zero-order valence-corrected chi connectivity index (χ0v) is 13.9. The molecule has 0 aliphatic heterocycles. The monoisotopic (exact) mass is 361 g/mol. The number of nitro benzene ring substituents is 1. The molecule has 0 saturated heterocycles. The van der Waals surface area contributed by atoms with Gasteiger partial charge in [-0.3, -0.25) is 10.1 Å². The van der Waals surface area contributed by atoms with Crippen molar-refractivity contribution >= 4 is 21.6 Å². The lowest BCUT2D eigenvalue weighted by atomic mass is 9.99. The average Bonchev–Trinajstić information content (AvgIpc) is 2.44. The molecule has 6 nitrogen and oxygen atoms in total. The Balaban J connectivity index is 3.22. The van der Waals surface area contributed by atoms with Crippen LogP contribution in [-0.2, 0) is 0 Å². The zero-order chi connectivity index (χ0) is 16.2. The largest absolute Gasteiger partial charge is 0.483 e. The van der Waals surface area contributed by atoms with E-state index in [0.29, 0.717) is 22.9 Å². The molecule has 7 heteroatoms. The molecular weight excluding hydrogens is 342 g/mol. The summed E-state index contributed by atoms with van der Waals surface area (Å²) in [6.45, 7) is 5.07. The summed E-state index contributed by atoms with van der Waals surface area (Å²) in [4.78, 5) is 10.6. The maximum Gasteiger partial charge on any atom is 0.312 e. The fraction of sp³-hybridized carbons (Fsp3) is 0.571. The van der Waals surface area contributed by atoms with Crippen molar-refractivity contribution in [3.8, 4) is 5.75 Å². The van der Waals surface area contributed by atoms with E-state index in [1.54, 1.807) is 6.07 Å². The van der Waals surface area contributed by atoms with E-state index < -0.39 is 16.6 Å². The predicted octanol–water partition coefficient (Wildman–Crippen LogP) is 3.34. The fourth-order valence-corrected chi connectivity index (χ4v) is 2.33. The smallest absolute Gasteiger partial charge is 0.312 e. The van der Waals surface area contributed by atoms with Crippen molar-refractivity contribution in [2.45, 2.75) is 45.3 Å². The Hall–Kier alpha value is -1.18. The first kappa shape index (κ1) is 17.9. The summed E-state index contributed by atoms with van der Waals surface area (Å²) in [6.07, 6.45) is 0.0166. The minimum absolute atomic E-state index is 0.00137. The number of aliphatic hydroxyl groups excluding tert-OH is 1. The highest BCUT2D eigenvalue weighted by Crippen LogP contribution is 2.38. The van der Waals surface area contributed by atoms with Crippen molar-refractivity contribution in [3.05, 3.63) is 32.3 Å². The van der Waals surface area contributed by atoms with E-state index in [-0.39, 0.29) is 18.0 Å². The van der Waals surface area contributed by atoms with Gasteiger partial charge in [-0.25, -0.2) is 0 Å². The van der Waals surface area contributed by atoms with Gasteiger partial charge in [0, 0.05) is 16.1 Å². The molecule has 1 atom stereocenters. The van der Waals surface area contributed by atoms with Crippen molar-refractivity contribution < 1.29 is 19.9 Å². The lowest BCUT2D eigenvalue weighted by molar-refractivity contribution is -0.386. The van der Waals surface area contributed by atoms with Gasteiger partial charge in [0.15, 0.2) is 0 Å². The molecule has 0 fully saturated rings. The lowest BCUT2D eigenvalue weighted by Gasteiger charge is -2.26. The van der Waals surface area contributed by atoms with Crippen molar-refractivity contribution in [2.24, 2.45) is 0 Å². The summed E-state index contributed by atoms with van der Waals surface area (Å²) >= 11 is 3.18. The van der Waals surface area contributed by atoms with Gasteiger partial charge in [0.1, 0.15) is 6.61 Å². The molecule has 1 rings (SSSR count). The quantitative estimate of drug-likeness (QED) is 0.573. The van der Waals surface area contributed by atoms with Crippen LogP contribution < -0.4 is 4.74 Å². The van der Waals surface area contributed by atoms with Crippen LogP contribution in [0.3, 0.4) is 0 Å². The molecule has 1 aromatic carbocycles. The number of nitrogens with zero attached hydrogens (tertiary/aromatic N) is 1. The highest BCUT2D eigenvalue weighted by atomic mass is 79.9. The minimum Gasteiger partial charge on any atom is -0.483 e. The lowest BCUT2D eigenvalue weighted by Crippen LogP contribution is -2.34. The number of halogens is 1. The van der Waals surface area contributed by atoms with Crippen LogP contribution in [0.15, 0.2) is 16.6 Å². The van der Waals surface area contributed by atoms with E-state index in [9.17, 15) is 20.3 Å². The van der Waals surface area contributed by atoms with Gasteiger partial charge in [-0.15, -0.1) is 0 Å². The van der Waals surface area contributed by atoms with Crippen LogP contribution in [0, 0.1) is 10.1 Å². The van der Waals surface area contributed by atoms with E-state index in [0.717, 1.165) is 0 Å². The van der Waals surface area contributed by atoms with Gasteiger partial charge in [-0.1, -0.05) is 29.8 Å². The summed E-state index contributed by atoms with van der Waals surface area (Å²) in [6, 6.07) is 2.89. The zero-order valence-electron chi connectivity index (χ0n) is 12.3. The van der Waals surface area contributed by atoms with Gasteiger partial charge >= 0.3 is 5.69 Å². The maximum absolute atomic E-state index is 11.2. The molecule has 0 saturated carbocycles. The van der Waals surface area contributed by atoms with E-state index in [4.69, 9.17) is 4.74 Å². The summed E-state index contributed by atoms with van der Waals surface area (Å²) < 4.78 is 6.01. The number of hydrogen-bond acceptors (Lipinski definition) is 5. The second kappa shape index (κ2) is 7.20. The van der Waals surface area contributed by atoms with E-state index in [2.05, 4.69) is 15.9 Å². The normalized spacial score (nSPS) is 13.0. The van der Waals surface area contributed by atoms with E-state index in [1.165, 1.54) is 13.0 Å². The molecule has 0 bridgehead atoms. The highest BCUT2D eigenvalue weighted by Gasteiger charge is 2.28. The van der Waals surface area contributed by atoms with Crippen molar-refractivity contribution in [2.75, 3.05) is 6.61 Å². The Morgan fingerprint density at radius 1 is 1.43 bits per heavy atom. The van der Waals surface area contributed by atoms with Crippen LogP contribution in [0.5, 0.6) is 5.75 Å². The Kier molecular flexibility index (Phi) is 6.12. The molecule has 118 valence electrons. The number of rotatable bonds is 7. The van der Waals surface area contributed by atoms with Crippen molar-refractivity contribution in [1.82, 2.24) is 0 Å². The average molecular weight is 362 g/mol. The fourth-order valence-electron chi connectivity index (χ4n) is 1.86. The summed E-state index contributed by atoms with van der Waals surface area (Å²) in [5.74, 6) is -0.00137. The van der Waals surface area contributed by atoms with E-state index in [1.807, 2.05) is 13.8 Å². The summed E-state index contributed by atoms with van der Waals surface area (Å²) in [5, 5.41) is 31.2. The molecule has 0 amide bonds. The van der Waals surface area contributed by atoms with Crippen LogP contribution >= 0.6 is 15.9 Å². The first-order valence-corrected chi connectivity index (χ1v) is 7.54. The van der Waals surface area contributed by atoms with Crippen molar-refractivity contribution in [1.29, 1.82) is 0 Å². The molecule has 1 aromatic rings. The Bertz CT molecular complexity index is 514. The Labute approximate surface area is 132 Å². The third-order valence-corrected chi connectivity index (χ3v) is 3.97. The molecule has 0 radical (unpaired) electrons. The molecule has 0 spiro atoms.